The molecule has 1 atom stereocenters. The summed E-state index contributed by atoms with van der Waals surface area (Å²) in [5.41, 5.74) is 1.50. The number of hydrogen-bond acceptors (Lipinski definition) is 4. The molecule has 2 saturated heterocycles. The van der Waals surface area contributed by atoms with E-state index in [0.29, 0.717) is 18.3 Å². The van der Waals surface area contributed by atoms with E-state index >= 15 is 0 Å². The minimum absolute atomic E-state index is 0.181. The molecule has 6 nitrogen and oxygen atoms in total. The maximum Gasteiger partial charge on any atom is 0.292 e. The maximum absolute atomic E-state index is 13.2. The number of nitrogens with one attached hydrogen (secondary N) is 2. The highest BCUT2D eigenvalue weighted by Gasteiger charge is 2.46. The number of piperidine rings is 1. The van der Waals surface area contributed by atoms with Gasteiger partial charge in [0.15, 0.2) is 6.04 Å². The third kappa shape index (κ3) is 4.31. The van der Waals surface area contributed by atoms with Crippen LogP contribution in [0.25, 0.3) is 0 Å². The van der Waals surface area contributed by atoms with Gasteiger partial charge in [-0.05, 0) is 55.5 Å². The third-order valence-electron chi connectivity index (χ3n) is 5.89. The maximum atomic E-state index is 13.2. The number of nitrogens with zero attached hydrogens (tertiary/aromatic N) is 1. The van der Waals surface area contributed by atoms with Crippen LogP contribution in [0.3, 0.4) is 0 Å². The highest BCUT2D eigenvalue weighted by molar-refractivity contribution is 6.21. The predicted octanol–water partition coefficient (Wildman–Crippen LogP) is 2.02. The summed E-state index contributed by atoms with van der Waals surface area (Å²) in [6.45, 7) is 4.27. The zero-order valence-electron chi connectivity index (χ0n) is 17.1. The average Bonchev–Trinajstić information content (AvgIpc) is 3.05. The van der Waals surface area contributed by atoms with Gasteiger partial charge in [-0.15, -0.1) is 0 Å². The van der Waals surface area contributed by atoms with E-state index in [0.717, 1.165) is 42.3 Å². The zero-order chi connectivity index (χ0) is 21.1. The van der Waals surface area contributed by atoms with Crippen LogP contribution in [0, 0.1) is 5.82 Å². The van der Waals surface area contributed by atoms with Crippen LogP contribution in [0.5, 0.6) is 5.75 Å². The zero-order valence-corrected chi connectivity index (χ0v) is 17.1. The Morgan fingerprint density at radius 2 is 1.73 bits per heavy atom. The normalized spacial score (nSPS) is 24.2. The van der Waals surface area contributed by atoms with Crippen molar-refractivity contribution in [2.75, 3.05) is 29.9 Å². The number of imide groups is 1. The molecule has 0 bridgehead atoms. The highest BCUT2D eigenvalue weighted by atomic mass is 19.1. The van der Waals surface area contributed by atoms with Crippen molar-refractivity contribution in [2.45, 2.75) is 38.3 Å². The van der Waals surface area contributed by atoms with Gasteiger partial charge >= 0.3 is 0 Å². The van der Waals surface area contributed by atoms with Gasteiger partial charge in [-0.25, -0.2) is 9.29 Å². The number of carbonyl (C=O) groups excluding carboxylic acids is 2. The smallest absolute Gasteiger partial charge is 0.292 e. The van der Waals surface area contributed by atoms with E-state index in [1.54, 1.807) is 0 Å². The van der Waals surface area contributed by atoms with Crippen LogP contribution in [0.15, 0.2) is 48.5 Å². The molecule has 2 fully saturated rings. The molecule has 2 aromatic rings. The molecule has 0 saturated carbocycles. The number of carbonyl (C=O) groups is 2. The van der Waals surface area contributed by atoms with Crippen molar-refractivity contribution in [3.05, 3.63) is 54.3 Å². The van der Waals surface area contributed by atoms with Crippen molar-refractivity contribution in [1.82, 2.24) is 0 Å². The lowest BCUT2D eigenvalue weighted by atomic mass is 10.0. The van der Waals surface area contributed by atoms with Crippen LogP contribution in [-0.4, -0.2) is 43.6 Å². The molecule has 2 aliphatic rings. The standard InChI is InChI=1S/C23H26FN3O3/c1-2-30-20-9-5-17(6-10-20)25-18-11-13-26(14-12-18)21-15-22(28)27(23(21)29)19-7-3-16(24)4-8-19/h3-10,18,21,25H,2,11-15H2,1H3/p+1/t21-/m0/s1. The Kier molecular flexibility index (Phi) is 5.99. The van der Waals surface area contributed by atoms with Gasteiger partial charge in [0.2, 0.25) is 5.91 Å². The second kappa shape index (κ2) is 8.83. The lowest BCUT2D eigenvalue weighted by Gasteiger charge is -2.32. The molecule has 0 aromatic heterocycles. The molecule has 2 aromatic carbocycles. The van der Waals surface area contributed by atoms with Crippen LogP contribution >= 0.6 is 0 Å². The van der Waals surface area contributed by atoms with E-state index in [-0.39, 0.29) is 30.1 Å². The number of likely N-dealkylation sites (tertiary alicyclic amines) is 1. The molecule has 0 radical (unpaired) electrons. The Labute approximate surface area is 175 Å². The largest absolute Gasteiger partial charge is 0.494 e. The van der Waals surface area contributed by atoms with Gasteiger partial charge in [-0.2, -0.15) is 0 Å². The number of quaternary nitrogens is 1. The van der Waals surface area contributed by atoms with E-state index in [1.165, 1.54) is 29.2 Å². The Balaban J connectivity index is 1.33. The highest BCUT2D eigenvalue weighted by Crippen LogP contribution is 2.23. The first-order valence-electron chi connectivity index (χ1n) is 10.5. The van der Waals surface area contributed by atoms with Crippen molar-refractivity contribution in [1.29, 1.82) is 0 Å². The minimum atomic E-state index is -0.387. The molecule has 4 rings (SSSR count). The van der Waals surface area contributed by atoms with E-state index in [2.05, 4.69) is 5.32 Å². The van der Waals surface area contributed by atoms with Crippen molar-refractivity contribution < 1.29 is 23.6 Å². The first kappa shape index (κ1) is 20.3. The summed E-state index contributed by atoms with van der Waals surface area (Å²) < 4.78 is 18.7. The average molecular weight is 412 g/mol. The van der Waals surface area contributed by atoms with E-state index in [4.69, 9.17) is 4.74 Å². The van der Waals surface area contributed by atoms with Gasteiger partial charge < -0.3 is 15.0 Å². The minimum Gasteiger partial charge on any atom is -0.494 e. The molecule has 0 aliphatic carbocycles. The van der Waals surface area contributed by atoms with E-state index in [9.17, 15) is 14.0 Å². The van der Waals surface area contributed by atoms with Gasteiger partial charge in [-0.1, -0.05) is 0 Å². The fraction of sp³-hybridized carbons (Fsp3) is 0.391. The Bertz CT molecular complexity index is 893. The van der Waals surface area contributed by atoms with Gasteiger partial charge in [-0.3, -0.25) is 9.59 Å². The number of benzene rings is 2. The van der Waals surface area contributed by atoms with Gasteiger partial charge in [0.05, 0.1) is 31.8 Å². The van der Waals surface area contributed by atoms with Crippen molar-refractivity contribution >= 4 is 23.2 Å². The monoisotopic (exact) mass is 412 g/mol. The molecule has 0 spiro atoms. The Morgan fingerprint density at radius 1 is 1.07 bits per heavy atom. The third-order valence-corrected chi connectivity index (χ3v) is 5.89. The number of halogens is 1. The van der Waals surface area contributed by atoms with E-state index < -0.39 is 0 Å². The van der Waals surface area contributed by atoms with Gasteiger partial charge in [0, 0.05) is 24.6 Å². The van der Waals surface area contributed by atoms with Gasteiger partial charge in [0.1, 0.15) is 11.6 Å². The molecule has 7 heteroatoms. The number of anilines is 2. The van der Waals surface area contributed by atoms with Crippen LogP contribution < -0.4 is 19.9 Å². The molecular formula is C23H27FN3O3+. The summed E-state index contributed by atoms with van der Waals surface area (Å²) in [4.78, 5) is 27.8. The molecule has 2 N–H and O–H groups in total. The summed E-state index contributed by atoms with van der Waals surface area (Å²) in [5, 5.41) is 3.55. The second-order valence-corrected chi connectivity index (χ2v) is 7.83. The fourth-order valence-corrected chi connectivity index (χ4v) is 4.34. The van der Waals surface area contributed by atoms with Crippen molar-refractivity contribution in [3.8, 4) is 5.75 Å². The Hall–Kier alpha value is -2.93. The van der Waals surface area contributed by atoms with Crippen LogP contribution in [0.2, 0.25) is 0 Å². The summed E-state index contributed by atoms with van der Waals surface area (Å²) in [6.07, 6.45) is 2.07. The predicted molar refractivity (Wildman–Crippen MR) is 112 cm³/mol. The number of rotatable bonds is 6. The lowest BCUT2D eigenvalue weighted by molar-refractivity contribution is -0.919. The quantitative estimate of drug-likeness (QED) is 0.713. The lowest BCUT2D eigenvalue weighted by Crippen LogP contribution is -3.17. The molecule has 2 amide bonds. The van der Waals surface area contributed by atoms with Crippen molar-refractivity contribution in [3.63, 3.8) is 0 Å². The number of amides is 2. The number of hydrogen-bond donors (Lipinski definition) is 2. The molecule has 0 unspecified atom stereocenters. The molecule has 2 heterocycles. The molecular weight excluding hydrogens is 385 g/mol. The van der Waals surface area contributed by atoms with E-state index in [1.807, 2.05) is 31.2 Å². The first-order chi connectivity index (χ1) is 14.5. The number of ether oxygens (including phenoxy) is 1. The summed E-state index contributed by atoms with van der Waals surface area (Å²) in [5.74, 6) is 0.0813. The second-order valence-electron chi connectivity index (χ2n) is 7.83. The van der Waals surface area contributed by atoms with Crippen LogP contribution in [0.1, 0.15) is 26.2 Å². The molecule has 2 aliphatic heterocycles. The van der Waals surface area contributed by atoms with Crippen molar-refractivity contribution in [2.24, 2.45) is 0 Å². The fourth-order valence-electron chi connectivity index (χ4n) is 4.34. The first-order valence-corrected chi connectivity index (χ1v) is 10.5. The molecule has 158 valence electrons. The molecule has 30 heavy (non-hydrogen) atoms. The Morgan fingerprint density at radius 3 is 2.37 bits per heavy atom. The SMILES string of the molecule is CCOc1ccc(NC2CC[NH+]([C@H]3CC(=O)N(c4ccc(F)cc4)C3=O)CC2)cc1. The topological polar surface area (TPSA) is 63.1 Å². The summed E-state index contributed by atoms with van der Waals surface area (Å²) in [7, 11) is 0. The van der Waals surface area contributed by atoms with Crippen LogP contribution in [0.4, 0.5) is 15.8 Å². The van der Waals surface area contributed by atoms with Crippen LogP contribution in [-0.2, 0) is 9.59 Å². The summed E-state index contributed by atoms with van der Waals surface area (Å²) >= 11 is 0. The van der Waals surface area contributed by atoms with Gasteiger partial charge in [0.25, 0.3) is 5.91 Å². The summed E-state index contributed by atoms with van der Waals surface area (Å²) in [6, 6.07) is 13.4.